The van der Waals surface area contributed by atoms with Crippen molar-refractivity contribution in [1.82, 2.24) is 20.2 Å². The van der Waals surface area contributed by atoms with Gasteiger partial charge in [0.25, 0.3) is 5.91 Å². The van der Waals surface area contributed by atoms with Gasteiger partial charge in [-0.2, -0.15) is 0 Å². The van der Waals surface area contributed by atoms with Gasteiger partial charge >= 0.3 is 0 Å². The lowest BCUT2D eigenvalue weighted by Crippen LogP contribution is -2.20. The lowest BCUT2D eigenvalue weighted by atomic mass is 9.90. The molecule has 0 fully saturated rings. The number of anilines is 1. The van der Waals surface area contributed by atoms with E-state index in [-0.39, 0.29) is 29.7 Å². The fourth-order valence-electron chi connectivity index (χ4n) is 5.51. The number of aryl methyl sites for hydroxylation is 3. The number of hydrogen-bond acceptors (Lipinski definition) is 8. The zero-order valence-corrected chi connectivity index (χ0v) is 25.9. The van der Waals surface area contributed by atoms with Crippen LogP contribution in [0.1, 0.15) is 52.6 Å². The highest BCUT2D eigenvalue weighted by molar-refractivity contribution is 6.05. The molecule has 4 aromatic heterocycles. The molecular formula is C35H31F3N6O3. The van der Waals surface area contributed by atoms with E-state index >= 15 is 0 Å². The van der Waals surface area contributed by atoms with Gasteiger partial charge in [0.1, 0.15) is 11.6 Å². The number of aromatic nitrogens is 4. The molecule has 0 atom stereocenters. The molecule has 240 valence electrons. The van der Waals surface area contributed by atoms with Crippen molar-refractivity contribution in [3.8, 4) is 22.8 Å². The monoisotopic (exact) mass is 640 g/mol. The van der Waals surface area contributed by atoms with Gasteiger partial charge < -0.3 is 19.9 Å². The molecule has 4 heterocycles. The Morgan fingerprint density at radius 3 is 2.34 bits per heavy atom. The molecule has 9 nitrogen and oxygen atoms in total. The predicted molar refractivity (Wildman–Crippen MR) is 170 cm³/mol. The molecule has 6 aromatic rings. The molecule has 0 bridgehead atoms. The van der Waals surface area contributed by atoms with Crippen LogP contribution in [0.2, 0.25) is 0 Å². The molecule has 12 heteroatoms. The smallest absolute Gasteiger partial charge is 0.251 e. The standard InChI is InChI=1S/C35H31F3N6O3/c1-18(2)14-27-29(33(39)45)31(30(35-44-43-19(3)46-35)26(42-27)11-7-20-4-8-23(36)9-5-20)28-16-22-12-13-40-34(32(22)47-28)41-17-21-6-10-24(37)25(38)15-21/h4-6,8-10,12-13,15-16,18H,7,11,14,17H2,1-3H3,(H2,39,45)(H,40,41). The summed E-state index contributed by atoms with van der Waals surface area (Å²) in [4.78, 5) is 22.6. The highest BCUT2D eigenvalue weighted by atomic mass is 19.2. The number of pyridine rings is 2. The third-order valence-electron chi connectivity index (χ3n) is 7.62. The van der Waals surface area contributed by atoms with Crippen LogP contribution >= 0.6 is 0 Å². The Hall–Kier alpha value is -5.52. The van der Waals surface area contributed by atoms with E-state index in [1.165, 1.54) is 18.2 Å². The van der Waals surface area contributed by atoms with Crippen LogP contribution in [0.3, 0.4) is 0 Å². The maximum Gasteiger partial charge on any atom is 0.251 e. The van der Waals surface area contributed by atoms with Crippen LogP contribution in [0.5, 0.6) is 0 Å². The lowest BCUT2D eigenvalue weighted by molar-refractivity contribution is 0.0999. The number of amides is 1. The van der Waals surface area contributed by atoms with Gasteiger partial charge in [0.2, 0.25) is 11.8 Å². The minimum absolute atomic E-state index is 0.127. The Morgan fingerprint density at radius 1 is 0.894 bits per heavy atom. The van der Waals surface area contributed by atoms with Crippen LogP contribution in [-0.2, 0) is 25.8 Å². The van der Waals surface area contributed by atoms with E-state index in [0.717, 1.165) is 17.7 Å². The van der Waals surface area contributed by atoms with Crippen LogP contribution < -0.4 is 11.1 Å². The Morgan fingerprint density at radius 2 is 1.66 bits per heavy atom. The molecule has 0 saturated carbocycles. The first-order valence-corrected chi connectivity index (χ1v) is 15.0. The second kappa shape index (κ2) is 13.1. The largest absolute Gasteiger partial charge is 0.452 e. The number of primary amides is 1. The number of nitrogens with zero attached hydrogens (tertiary/aromatic N) is 4. The summed E-state index contributed by atoms with van der Waals surface area (Å²) in [6.07, 6.45) is 2.92. The Labute approximate surface area is 268 Å². The Balaban J connectivity index is 1.52. The van der Waals surface area contributed by atoms with E-state index in [1.54, 1.807) is 37.4 Å². The van der Waals surface area contributed by atoms with Gasteiger partial charge in [0, 0.05) is 30.6 Å². The maximum atomic E-state index is 13.8. The fourth-order valence-corrected chi connectivity index (χ4v) is 5.51. The summed E-state index contributed by atoms with van der Waals surface area (Å²) in [7, 11) is 0. The van der Waals surface area contributed by atoms with Crippen molar-refractivity contribution in [2.24, 2.45) is 11.7 Å². The molecule has 47 heavy (non-hydrogen) atoms. The molecule has 6 rings (SSSR count). The molecule has 2 aromatic carbocycles. The van der Waals surface area contributed by atoms with Gasteiger partial charge in [-0.15, -0.1) is 10.2 Å². The zero-order chi connectivity index (χ0) is 33.2. The van der Waals surface area contributed by atoms with Gasteiger partial charge in [-0.05, 0) is 72.7 Å². The van der Waals surface area contributed by atoms with E-state index in [0.29, 0.717) is 75.8 Å². The van der Waals surface area contributed by atoms with Gasteiger partial charge in [-0.25, -0.2) is 18.2 Å². The Bertz CT molecular complexity index is 2090. The van der Waals surface area contributed by atoms with Gasteiger partial charge in [0.05, 0.1) is 22.5 Å². The minimum atomic E-state index is -0.955. The Kier molecular flexibility index (Phi) is 8.75. The van der Waals surface area contributed by atoms with Crippen molar-refractivity contribution >= 4 is 22.7 Å². The topological polar surface area (TPSA) is 133 Å². The first-order valence-electron chi connectivity index (χ1n) is 15.0. The quantitative estimate of drug-likeness (QED) is 0.150. The van der Waals surface area contributed by atoms with Crippen LogP contribution in [0.15, 0.2) is 69.6 Å². The first-order chi connectivity index (χ1) is 22.6. The number of carbonyl (C=O) groups is 1. The summed E-state index contributed by atoms with van der Waals surface area (Å²) in [5.74, 6) is -1.73. The van der Waals surface area contributed by atoms with Gasteiger partial charge in [-0.3, -0.25) is 9.78 Å². The molecule has 0 spiro atoms. The number of carbonyl (C=O) groups excluding carboxylic acids is 1. The summed E-state index contributed by atoms with van der Waals surface area (Å²) in [5, 5.41) is 12.1. The number of benzene rings is 2. The van der Waals surface area contributed by atoms with E-state index < -0.39 is 17.5 Å². The highest BCUT2D eigenvalue weighted by Crippen LogP contribution is 2.42. The van der Waals surface area contributed by atoms with Crippen molar-refractivity contribution in [3.63, 3.8) is 0 Å². The number of nitrogens with two attached hydrogens (primary N) is 1. The van der Waals surface area contributed by atoms with Crippen LogP contribution in [0.25, 0.3) is 33.7 Å². The summed E-state index contributed by atoms with van der Waals surface area (Å²) in [6.45, 7) is 5.82. The summed E-state index contributed by atoms with van der Waals surface area (Å²) < 4.78 is 53.3. The molecule has 1 amide bonds. The van der Waals surface area contributed by atoms with Crippen molar-refractivity contribution in [3.05, 3.63) is 112 Å². The number of halogens is 3. The van der Waals surface area contributed by atoms with E-state index in [4.69, 9.17) is 19.6 Å². The van der Waals surface area contributed by atoms with Crippen LogP contribution in [0, 0.1) is 30.3 Å². The summed E-state index contributed by atoms with van der Waals surface area (Å²) in [6, 6.07) is 13.4. The summed E-state index contributed by atoms with van der Waals surface area (Å²) in [5.41, 5.74) is 9.80. The van der Waals surface area contributed by atoms with Crippen molar-refractivity contribution < 1.29 is 26.8 Å². The number of hydrogen-bond donors (Lipinski definition) is 2. The second-order valence-corrected chi connectivity index (χ2v) is 11.6. The minimum Gasteiger partial charge on any atom is -0.452 e. The molecule has 0 aliphatic carbocycles. The fraction of sp³-hybridized carbons (Fsp3) is 0.229. The highest BCUT2D eigenvalue weighted by Gasteiger charge is 2.30. The third-order valence-corrected chi connectivity index (χ3v) is 7.62. The zero-order valence-electron chi connectivity index (χ0n) is 25.9. The normalized spacial score (nSPS) is 11.5. The molecule has 0 unspecified atom stereocenters. The molecule has 0 radical (unpaired) electrons. The first kappa shape index (κ1) is 31.5. The van der Waals surface area contributed by atoms with Crippen LogP contribution in [-0.4, -0.2) is 26.1 Å². The van der Waals surface area contributed by atoms with E-state index in [1.807, 2.05) is 13.8 Å². The third kappa shape index (κ3) is 6.71. The number of rotatable bonds is 11. The van der Waals surface area contributed by atoms with Crippen molar-refractivity contribution in [1.29, 1.82) is 0 Å². The van der Waals surface area contributed by atoms with Gasteiger partial charge in [0.15, 0.2) is 23.0 Å². The molecular weight excluding hydrogens is 609 g/mol. The summed E-state index contributed by atoms with van der Waals surface area (Å²) >= 11 is 0. The number of fused-ring (bicyclic) bond motifs is 1. The van der Waals surface area contributed by atoms with E-state index in [9.17, 15) is 18.0 Å². The molecule has 0 aliphatic rings. The van der Waals surface area contributed by atoms with Crippen LogP contribution in [0.4, 0.5) is 19.0 Å². The molecule has 0 aliphatic heterocycles. The van der Waals surface area contributed by atoms with Crippen molar-refractivity contribution in [2.45, 2.75) is 46.6 Å². The average Bonchev–Trinajstić information content (AvgIpc) is 3.67. The van der Waals surface area contributed by atoms with Gasteiger partial charge in [-0.1, -0.05) is 32.0 Å². The predicted octanol–water partition coefficient (Wildman–Crippen LogP) is 7.36. The second-order valence-electron chi connectivity index (χ2n) is 11.6. The number of nitrogens with one attached hydrogen (secondary N) is 1. The van der Waals surface area contributed by atoms with Crippen molar-refractivity contribution in [2.75, 3.05) is 5.32 Å². The SMILES string of the molecule is Cc1nnc(-c2c(CCc3ccc(F)cc3)nc(CC(C)C)c(C(N)=O)c2-c2cc3ccnc(NCc4ccc(F)c(F)c4)c3o2)o1. The lowest BCUT2D eigenvalue weighted by Gasteiger charge is -2.18. The maximum absolute atomic E-state index is 13.8. The molecule has 0 saturated heterocycles. The molecule has 3 N–H and O–H groups in total. The van der Waals surface area contributed by atoms with E-state index in [2.05, 4.69) is 20.5 Å². The number of furan rings is 1. The average molecular weight is 641 g/mol.